The van der Waals surface area contributed by atoms with Crippen LogP contribution in [0.15, 0.2) is 30.3 Å². The number of rotatable bonds is 2. The Hall–Kier alpha value is -1.37. The molecule has 2 rings (SSSR count). The van der Waals surface area contributed by atoms with Gasteiger partial charge in [0.15, 0.2) is 6.10 Å². The Kier molecular flexibility index (Phi) is 3.92. The molecule has 3 heteroatoms. The van der Waals surface area contributed by atoms with Crippen molar-refractivity contribution in [2.75, 3.05) is 19.7 Å². The minimum Gasteiger partial charge on any atom is -0.362 e. The van der Waals surface area contributed by atoms with Crippen molar-refractivity contribution in [2.24, 2.45) is 0 Å². The zero-order valence-electron chi connectivity index (χ0n) is 9.30. The lowest BCUT2D eigenvalue weighted by Gasteiger charge is -2.20. The summed E-state index contributed by atoms with van der Waals surface area (Å²) in [4.78, 5) is 2.29. The van der Waals surface area contributed by atoms with Crippen LogP contribution in [-0.2, 0) is 11.3 Å². The van der Waals surface area contributed by atoms with Gasteiger partial charge in [-0.15, -0.1) is 0 Å². The van der Waals surface area contributed by atoms with Crippen molar-refractivity contribution in [3.8, 4) is 6.07 Å². The van der Waals surface area contributed by atoms with Crippen molar-refractivity contribution in [2.45, 2.75) is 19.1 Å². The molecule has 3 nitrogen and oxygen atoms in total. The Labute approximate surface area is 96.2 Å². The second-order valence-corrected chi connectivity index (χ2v) is 4.06. The molecule has 16 heavy (non-hydrogen) atoms. The predicted octanol–water partition coefficient (Wildman–Crippen LogP) is 1.80. The second kappa shape index (κ2) is 5.64. The van der Waals surface area contributed by atoms with Crippen molar-refractivity contribution in [3.05, 3.63) is 35.9 Å². The van der Waals surface area contributed by atoms with Crippen LogP contribution in [0.2, 0.25) is 0 Å². The highest BCUT2D eigenvalue weighted by molar-refractivity contribution is 5.14. The highest BCUT2D eigenvalue weighted by Gasteiger charge is 2.17. The van der Waals surface area contributed by atoms with Gasteiger partial charge in [0.1, 0.15) is 0 Å². The lowest BCUT2D eigenvalue weighted by atomic mass is 10.2. The van der Waals surface area contributed by atoms with Crippen LogP contribution in [-0.4, -0.2) is 30.7 Å². The first-order valence-electron chi connectivity index (χ1n) is 5.66. The first-order valence-corrected chi connectivity index (χ1v) is 5.66. The van der Waals surface area contributed by atoms with E-state index in [0.717, 1.165) is 19.5 Å². The molecule has 84 valence electrons. The molecular weight excluding hydrogens is 200 g/mol. The number of nitriles is 1. The third-order valence-electron chi connectivity index (χ3n) is 2.75. The van der Waals surface area contributed by atoms with Crippen molar-refractivity contribution < 1.29 is 4.74 Å². The molecule has 0 unspecified atom stereocenters. The fourth-order valence-electron chi connectivity index (χ4n) is 1.96. The summed E-state index contributed by atoms with van der Waals surface area (Å²) in [5.41, 5.74) is 1.29. The molecule has 0 radical (unpaired) electrons. The van der Waals surface area contributed by atoms with Crippen LogP contribution in [0.25, 0.3) is 0 Å². The van der Waals surface area contributed by atoms with Crippen LogP contribution in [0.5, 0.6) is 0 Å². The average molecular weight is 216 g/mol. The van der Waals surface area contributed by atoms with Gasteiger partial charge < -0.3 is 4.74 Å². The summed E-state index contributed by atoms with van der Waals surface area (Å²) in [6, 6.07) is 12.5. The van der Waals surface area contributed by atoms with Gasteiger partial charge in [0.05, 0.1) is 6.07 Å². The quantitative estimate of drug-likeness (QED) is 0.756. The van der Waals surface area contributed by atoms with Crippen LogP contribution < -0.4 is 0 Å². The third kappa shape index (κ3) is 3.06. The SMILES string of the molecule is N#C[C@@H]1CN(Cc2ccccc2)CCCO1. The maximum atomic E-state index is 8.90. The molecule has 0 amide bonds. The first-order chi connectivity index (χ1) is 7.88. The van der Waals surface area contributed by atoms with E-state index in [9.17, 15) is 0 Å². The van der Waals surface area contributed by atoms with E-state index in [-0.39, 0.29) is 6.10 Å². The standard InChI is InChI=1S/C13H16N2O/c14-9-13-11-15(7-4-8-16-13)10-12-5-2-1-3-6-12/h1-3,5-6,13H,4,7-8,10-11H2/t13-/m1/s1. The van der Waals surface area contributed by atoms with Gasteiger partial charge in [0.25, 0.3) is 0 Å². The molecule has 0 saturated carbocycles. The first kappa shape index (κ1) is 11.1. The van der Waals surface area contributed by atoms with Crippen molar-refractivity contribution in [1.29, 1.82) is 5.26 Å². The molecule has 1 aliphatic heterocycles. The Morgan fingerprint density at radius 1 is 1.38 bits per heavy atom. The Balaban J connectivity index is 1.96. The van der Waals surface area contributed by atoms with E-state index in [1.165, 1.54) is 5.56 Å². The second-order valence-electron chi connectivity index (χ2n) is 4.06. The van der Waals surface area contributed by atoms with E-state index in [4.69, 9.17) is 10.00 Å². The van der Waals surface area contributed by atoms with Crippen LogP contribution in [0, 0.1) is 11.3 Å². The molecule has 0 aromatic heterocycles. The van der Waals surface area contributed by atoms with Gasteiger partial charge in [0, 0.05) is 26.2 Å². The smallest absolute Gasteiger partial charge is 0.156 e. The zero-order chi connectivity index (χ0) is 11.2. The Morgan fingerprint density at radius 3 is 2.94 bits per heavy atom. The Morgan fingerprint density at radius 2 is 2.19 bits per heavy atom. The summed E-state index contributed by atoms with van der Waals surface area (Å²) in [6.07, 6.45) is 0.733. The van der Waals surface area contributed by atoms with Crippen LogP contribution in [0.3, 0.4) is 0 Å². The number of nitrogens with zero attached hydrogens (tertiary/aromatic N) is 2. The maximum Gasteiger partial charge on any atom is 0.156 e. The highest BCUT2D eigenvalue weighted by Crippen LogP contribution is 2.10. The van der Waals surface area contributed by atoms with E-state index in [0.29, 0.717) is 13.2 Å². The molecule has 1 heterocycles. The number of hydrogen-bond acceptors (Lipinski definition) is 3. The van der Waals surface area contributed by atoms with Gasteiger partial charge in [-0.2, -0.15) is 5.26 Å². The van der Waals surface area contributed by atoms with Gasteiger partial charge in [-0.05, 0) is 12.0 Å². The fraction of sp³-hybridized carbons (Fsp3) is 0.462. The molecule has 0 spiro atoms. The number of ether oxygens (including phenoxy) is 1. The predicted molar refractivity (Wildman–Crippen MR) is 61.7 cm³/mol. The van der Waals surface area contributed by atoms with E-state index < -0.39 is 0 Å². The van der Waals surface area contributed by atoms with Gasteiger partial charge >= 0.3 is 0 Å². The van der Waals surface area contributed by atoms with E-state index in [2.05, 4.69) is 23.1 Å². The zero-order valence-corrected chi connectivity index (χ0v) is 9.30. The van der Waals surface area contributed by atoms with Crippen LogP contribution >= 0.6 is 0 Å². The number of benzene rings is 1. The summed E-state index contributed by atoms with van der Waals surface area (Å²) < 4.78 is 5.42. The van der Waals surface area contributed by atoms with Crippen molar-refractivity contribution in [1.82, 2.24) is 4.90 Å². The minimum atomic E-state index is -0.272. The molecule has 1 aliphatic rings. The van der Waals surface area contributed by atoms with E-state index in [1.54, 1.807) is 0 Å². The average Bonchev–Trinajstić information content (AvgIpc) is 2.55. The Bertz CT molecular complexity index is 358. The fourth-order valence-corrected chi connectivity index (χ4v) is 1.96. The molecule has 0 N–H and O–H groups in total. The topological polar surface area (TPSA) is 36.3 Å². The maximum absolute atomic E-state index is 8.90. The summed E-state index contributed by atoms with van der Waals surface area (Å²) in [6.45, 7) is 3.32. The van der Waals surface area contributed by atoms with Crippen molar-refractivity contribution >= 4 is 0 Å². The third-order valence-corrected chi connectivity index (χ3v) is 2.75. The summed E-state index contributed by atoms with van der Waals surface area (Å²) in [5.74, 6) is 0. The lowest BCUT2D eigenvalue weighted by Crippen LogP contribution is -2.30. The van der Waals surface area contributed by atoms with Crippen LogP contribution in [0.4, 0.5) is 0 Å². The molecule has 1 aromatic rings. The molecule has 0 aliphatic carbocycles. The summed E-state index contributed by atoms with van der Waals surface area (Å²) in [7, 11) is 0. The number of hydrogen-bond donors (Lipinski definition) is 0. The molecule has 0 bridgehead atoms. The molecule has 1 saturated heterocycles. The summed E-state index contributed by atoms with van der Waals surface area (Å²) in [5, 5.41) is 8.90. The molecule has 1 fully saturated rings. The normalized spacial score (nSPS) is 22.3. The van der Waals surface area contributed by atoms with Gasteiger partial charge in [-0.3, -0.25) is 4.90 Å². The minimum absolute atomic E-state index is 0.272. The van der Waals surface area contributed by atoms with Crippen molar-refractivity contribution in [3.63, 3.8) is 0 Å². The summed E-state index contributed by atoms with van der Waals surface area (Å²) >= 11 is 0. The molecule has 1 atom stereocenters. The van der Waals surface area contributed by atoms with Crippen LogP contribution in [0.1, 0.15) is 12.0 Å². The highest BCUT2D eigenvalue weighted by atomic mass is 16.5. The van der Waals surface area contributed by atoms with E-state index >= 15 is 0 Å². The van der Waals surface area contributed by atoms with E-state index in [1.807, 2.05) is 18.2 Å². The largest absolute Gasteiger partial charge is 0.362 e. The lowest BCUT2D eigenvalue weighted by molar-refractivity contribution is 0.0914. The van der Waals surface area contributed by atoms with Gasteiger partial charge in [0.2, 0.25) is 0 Å². The van der Waals surface area contributed by atoms with Gasteiger partial charge in [-0.1, -0.05) is 30.3 Å². The monoisotopic (exact) mass is 216 g/mol. The molecule has 1 aromatic carbocycles. The molecular formula is C13H16N2O. The van der Waals surface area contributed by atoms with Gasteiger partial charge in [-0.25, -0.2) is 0 Å².